The number of aliphatic imine (C=N–C) groups is 1. The number of fused-ring (bicyclic) bond motifs is 3. The first kappa shape index (κ1) is 33.6. The van der Waals surface area contributed by atoms with Gasteiger partial charge in [0.15, 0.2) is 0 Å². The van der Waals surface area contributed by atoms with E-state index in [1.165, 1.54) is 12.0 Å². The molecule has 2 aliphatic heterocycles. The third kappa shape index (κ3) is 8.23. The lowest BCUT2D eigenvalue weighted by molar-refractivity contribution is 0.0358. The van der Waals surface area contributed by atoms with Gasteiger partial charge < -0.3 is 24.4 Å². The number of likely N-dealkylation sites (tertiary alicyclic amines) is 1. The van der Waals surface area contributed by atoms with Crippen LogP contribution in [0.15, 0.2) is 65.2 Å². The van der Waals surface area contributed by atoms with Gasteiger partial charge in [0.1, 0.15) is 11.2 Å². The SMILES string of the molecule is COC(=O)c1ccc2c(c1)[C@@H]1[C@@H](CCN1/C(=N/C(=O)OC(C)(C)C)N(CC=C(C)C)C(=O)OC(C)(C)C)[C@H](c1ccccc1)N2. The van der Waals surface area contributed by atoms with Crippen molar-refractivity contribution in [2.75, 3.05) is 25.5 Å². The number of methoxy groups -OCH3 is 1. The molecule has 10 nitrogen and oxygen atoms in total. The Labute approximate surface area is 266 Å². The number of ether oxygens (including phenoxy) is 3. The molecule has 2 aliphatic rings. The van der Waals surface area contributed by atoms with E-state index in [0.29, 0.717) is 12.1 Å². The first-order valence-corrected chi connectivity index (χ1v) is 15.3. The molecule has 2 heterocycles. The fourth-order valence-electron chi connectivity index (χ4n) is 5.71. The van der Waals surface area contributed by atoms with Crippen molar-refractivity contribution in [2.45, 2.75) is 85.1 Å². The molecule has 10 heteroatoms. The number of benzene rings is 2. The summed E-state index contributed by atoms with van der Waals surface area (Å²) in [7, 11) is 1.35. The maximum absolute atomic E-state index is 13.9. The number of anilines is 1. The van der Waals surface area contributed by atoms with Crippen molar-refractivity contribution in [3.63, 3.8) is 0 Å². The van der Waals surface area contributed by atoms with E-state index in [4.69, 9.17) is 14.2 Å². The Bertz CT molecular complexity index is 1470. The standard InChI is InChI=1S/C35H46N4O6/c1-22(2)17-19-39(33(42)45-35(6,7)8)31(37-32(41)44-34(3,4)5)38-20-18-25-28(23-13-11-10-12-14-23)36-27-16-15-24(30(40)43-9)21-26(27)29(25)38/h10-17,21,25,28-29,36H,18-20H2,1-9H3/b37-31-/t25-,28-,29-/m0/s1. The van der Waals surface area contributed by atoms with Crippen molar-refractivity contribution < 1.29 is 28.6 Å². The second kappa shape index (κ2) is 13.3. The minimum atomic E-state index is -0.816. The second-order valence-corrected chi connectivity index (χ2v) is 13.7. The van der Waals surface area contributed by atoms with E-state index in [-0.39, 0.29) is 30.5 Å². The Morgan fingerprint density at radius 2 is 1.67 bits per heavy atom. The predicted molar refractivity (Wildman–Crippen MR) is 174 cm³/mol. The molecule has 1 fully saturated rings. The van der Waals surface area contributed by atoms with Crippen LogP contribution in [0.3, 0.4) is 0 Å². The zero-order valence-corrected chi connectivity index (χ0v) is 27.8. The van der Waals surface area contributed by atoms with E-state index in [1.807, 2.05) is 55.2 Å². The summed E-state index contributed by atoms with van der Waals surface area (Å²) >= 11 is 0. The van der Waals surface area contributed by atoms with E-state index in [2.05, 4.69) is 22.4 Å². The molecule has 3 atom stereocenters. The molecule has 4 rings (SSSR count). The van der Waals surface area contributed by atoms with Crippen LogP contribution in [0.5, 0.6) is 0 Å². The van der Waals surface area contributed by atoms with E-state index in [9.17, 15) is 14.4 Å². The molecule has 0 radical (unpaired) electrons. The Balaban J connectivity index is 1.91. The molecule has 1 saturated heterocycles. The molecular weight excluding hydrogens is 572 g/mol. The molecule has 0 saturated carbocycles. The van der Waals surface area contributed by atoms with Gasteiger partial charge in [-0.1, -0.05) is 42.0 Å². The minimum absolute atomic E-state index is 0.000531. The van der Waals surface area contributed by atoms with E-state index >= 15 is 0 Å². The zero-order valence-electron chi connectivity index (χ0n) is 27.8. The molecule has 0 spiro atoms. The number of rotatable bonds is 4. The highest BCUT2D eigenvalue weighted by Crippen LogP contribution is 2.51. The fraction of sp³-hybridized carbons (Fsp3) is 0.486. The van der Waals surface area contributed by atoms with Crippen molar-refractivity contribution >= 4 is 29.8 Å². The Morgan fingerprint density at radius 1 is 1.00 bits per heavy atom. The highest BCUT2D eigenvalue weighted by atomic mass is 16.6. The lowest BCUT2D eigenvalue weighted by Gasteiger charge is -2.42. The molecule has 45 heavy (non-hydrogen) atoms. The van der Waals surface area contributed by atoms with E-state index in [0.717, 1.165) is 28.8 Å². The molecule has 0 aromatic heterocycles. The van der Waals surface area contributed by atoms with Gasteiger partial charge in [0.05, 0.1) is 31.3 Å². The maximum Gasteiger partial charge on any atom is 0.437 e. The molecule has 1 N–H and O–H groups in total. The zero-order chi connectivity index (χ0) is 33.1. The molecular formula is C35H46N4O6. The number of esters is 1. The number of allylic oxidation sites excluding steroid dienone is 1. The van der Waals surface area contributed by atoms with Crippen LogP contribution in [0, 0.1) is 5.92 Å². The maximum atomic E-state index is 13.9. The van der Waals surface area contributed by atoms with Gasteiger partial charge in [0.2, 0.25) is 5.96 Å². The number of carbonyl (C=O) groups is 3. The molecule has 0 bridgehead atoms. The van der Waals surface area contributed by atoms with Crippen LogP contribution in [0.25, 0.3) is 0 Å². The summed E-state index contributed by atoms with van der Waals surface area (Å²) in [5.74, 6) is -0.321. The van der Waals surface area contributed by atoms with Crippen LogP contribution in [-0.4, -0.2) is 65.3 Å². The lowest BCUT2D eigenvalue weighted by Crippen LogP contribution is -2.50. The van der Waals surface area contributed by atoms with Gasteiger partial charge in [-0.3, -0.25) is 0 Å². The summed E-state index contributed by atoms with van der Waals surface area (Å²) in [5, 5.41) is 3.70. The third-order valence-electron chi connectivity index (χ3n) is 7.51. The average molecular weight is 619 g/mol. The van der Waals surface area contributed by atoms with Crippen LogP contribution in [-0.2, 0) is 14.2 Å². The van der Waals surface area contributed by atoms with Crippen molar-refractivity contribution in [1.82, 2.24) is 9.80 Å². The summed E-state index contributed by atoms with van der Waals surface area (Å²) < 4.78 is 16.5. The highest BCUT2D eigenvalue weighted by Gasteiger charge is 2.48. The molecule has 0 aliphatic carbocycles. The normalized spacial score (nSPS) is 19.4. The van der Waals surface area contributed by atoms with Crippen LogP contribution < -0.4 is 5.32 Å². The van der Waals surface area contributed by atoms with Gasteiger partial charge in [0.25, 0.3) is 0 Å². The van der Waals surface area contributed by atoms with Gasteiger partial charge in [-0.15, -0.1) is 4.99 Å². The molecule has 2 amide bonds. The number of nitrogens with zero attached hydrogens (tertiary/aromatic N) is 3. The average Bonchev–Trinajstić information content (AvgIpc) is 3.39. The molecule has 2 aromatic rings. The number of hydrogen-bond acceptors (Lipinski definition) is 7. The van der Waals surface area contributed by atoms with Crippen molar-refractivity contribution in [3.05, 3.63) is 76.9 Å². The van der Waals surface area contributed by atoms with Crippen LogP contribution in [0.4, 0.5) is 15.3 Å². The first-order valence-electron chi connectivity index (χ1n) is 15.3. The van der Waals surface area contributed by atoms with Crippen molar-refractivity contribution in [1.29, 1.82) is 0 Å². The predicted octanol–water partition coefficient (Wildman–Crippen LogP) is 7.50. The van der Waals surface area contributed by atoms with Crippen LogP contribution in [0.2, 0.25) is 0 Å². The summed E-state index contributed by atoms with van der Waals surface area (Å²) in [5.41, 5.74) is 2.59. The van der Waals surface area contributed by atoms with E-state index in [1.54, 1.807) is 47.6 Å². The van der Waals surface area contributed by atoms with Gasteiger partial charge in [-0.25, -0.2) is 19.3 Å². The lowest BCUT2D eigenvalue weighted by atomic mass is 9.79. The Hall–Kier alpha value is -4.34. The minimum Gasteiger partial charge on any atom is -0.465 e. The first-order chi connectivity index (χ1) is 21.1. The topological polar surface area (TPSA) is 110 Å². The van der Waals surface area contributed by atoms with Gasteiger partial charge in [-0.2, -0.15) is 0 Å². The summed E-state index contributed by atoms with van der Waals surface area (Å²) in [6.07, 6.45) is 1.16. The van der Waals surface area contributed by atoms with Crippen LogP contribution >= 0.6 is 0 Å². The number of nitrogens with one attached hydrogen (secondary N) is 1. The summed E-state index contributed by atoms with van der Waals surface area (Å²) in [4.78, 5) is 47.7. The molecule has 2 aromatic carbocycles. The number of amides is 2. The van der Waals surface area contributed by atoms with Crippen molar-refractivity contribution in [3.8, 4) is 0 Å². The van der Waals surface area contributed by atoms with Gasteiger partial charge in [0, 0.05) is 18.2 Å². The number of carbonyl (C=O) groups excluding carboxylic acids is 3. The van der Waals surface area contributed by atoms with Gasteiger partial charge >= 0.3 is 18.2 Å². The van der Waals surface area contributed by atoms with Crippen molar-refractivity contribution in [2.24, 2.45) is 10.9 Å². The smallest absolute Gasteiger partial charge is 0.437 e. The van der Waals surface area contributed by atoms with E-state index < -0.39 is 29.4 Å². The second-order valence-electron chi connectivity index (χ2n) is 13.7. The highest BCUT2D eigenvalue weighted by molar-refractivity contribution is 6.00. The monoisotopic (exact) mass is 618 g/mol. The quantitative estimate of drug-likeness (QED) is 0.123. The summed E-state index contributed by atoms with van der Waals surface area (Å²) in [6.45, 7) is 15.2. The Kier molecular flexibility index (Phi) is 9.95. The molecule has 242 valence electrons. The largest absolute Gasteiger partial charge is 0.465 e. The molecule has 0 unspecified atom stereocenters. The Morgan fingerprint density at radius 3 is 2.27 bits per heavy atom. The number of hydrogen-bond donors (Lipinski definition) is 1. The number of guanidine groups is 1. The fourth-order valence-corrected chi connectivity index (χ4v) is 5.71. The van der Waals surface area contributed by atoms with Crippen LogP contribution in [0.1, 0.15) is 95.4 Å². The summed E-state index contributed by atoms with van der Waals surface area (Å²) in [6, 6.07) is 15.2. The van der Waals surface area contributed by atoms with Gasteiger partial charge in [-0.05, 0) is 91.1 Å². The third-order valence-corrected chi connectivity index (χ3v) is 7.51.